The zero-order chi connectivity index (χ0) is 16.5. The lowest BCUT2D eigenvalue weighted by Gasteiger charge is -2.04. The summed E-state index contributed by atoms with van der Waals surface area (Å²) in [5.41, 5.74) is 8.50. The molecule has 4 nitrogen and oxygen atoms in total. The van der Waals surface area contributed by atoms with Gasteiger partial charge in [-0.15, -0.1) is 0 Å². The standard InChI is InChI=1S/C20H18N4/c1-14-17(16-9-3-4-11-19(16)24(14)2)13-22-23-18-10-5-7-15-8-6-12-21-20(15)18/h3-13,23H,1-2H3/b22-13-. The van der Waals surface area contributed by atoms with Gasteiger partial charge in [0.25, 0.3) is 0 Å². The summed E-state index contributed by atoms with van der Waals surface area (Å²) in [5.74, 6) is 0. The molecule has 24 heavy (non-hydrogen) atoms. The molecule has 118 valence electrons. The molecule has 0 spiro atoms. The highest BCUT2D eigenvalue weighted by atomic mass is 15.3. The summed E-state index contributed by atoms with van der Waals surface area (Å²) in [6, 6.07) is 18.4. The van der Waals surface area contributed by atoms with Crippen molar-refractivity contribution in [2.45, 2.75) is 6.92 Å². The van der Waals surface area contributed by atoms with Crippen LogP contribution in [0.3, 0.4) is 0 Å². The van der Waals surface area contributed by atoms with Crippen molar-refractivity contribution >= 4 is 33.7 Å². The normalized spacial score (nSPS) is 11.6. The Bertz CT molecular complexity index is 1050. The number of hydrazone groups is 1. The molecule has 0 aliphatic rings. The maximum absolute atomic E-state index is 4.46. The maximum Gasteiger partial charge on any atom is 0.0951 e. The number of aryl methyl sites for hydroxylation is 1. The largest absolute Gasteiger partial charge is 0.347 e. The number of para-hydroxylation sites is 2. The Balaban J connectivity index is 1.70. The Morgan fingerprint density at radius 2 is 1.88 bits per heavy atom. The number of hydrogen-bond acceptors (Lipinski definition) is 3. The summed E-state index contributed by atoms with van der Waals surface area (Å²) >= 11 is 0. The van der Waals surface area contributed by atoms with Crippen molar-refractivity contribution in [3.63, 3.8) is 0 Å². The van der Waals surface area contributed by atoms with E-state index in [0.717, 1.165) is 22.2 Å². The molecule has 4 aromatic rings. The first kappa shape index (κ1) is 14.5. The summed E-state index contributed by atoms with van der Waals surface area (Å²) in [6.07, 6.45) is 3.69. The summed E-state index contributed by atoms with van der Waals surface area (Å²) in [4.78, 5) is 4.44. The van der Waals surface area contributed by atoms with Crippen LogP contribution in [-0.2, 0) is 7.05 Å². The molecule has 1 N–H and O–H groups in total. The van der Waals surface area contributed by atoms with Gasteiger partial charge in [0.2, 0.25) is 0 Å². The average Bonchev–Trinajstić information content (AvgIpc) is 2.87. The third-order valence-corrected chi connectivity index (χ3v) is 4.46. The second kappa shape index (κ2) is 5.81. The molecule has 0 fully saturated rings. The summed E-state index contributed by atoms with van der Waals surface area (Å²) < 4.78 is 2.19. The van der Waals surface area contributed by atoms with E-state index in [1.165, 1.54) is 16.6 Å². The van der Waals surface area contributed by atoms with Gasteiger partial charge in [0.1, 0.15) is 0 Å². The van der Waals surface area contributed by atoms with Gasteiger partial charge in [0, 0.05) is 40.8 Å². The van der Waals surface area contributed by atoms with Gasteiger partial charge < -0.3 is 4.57 Å². The highest BCUT2D eigenvalue weighted by Crippen LogP contribution is 2.24. The van der Waals surface area contributed by atoms with E-state index in [9.17, 15) is 0 Å². The molecule has 0 unspecified atom stereocenters. The fourth-order valence-corrected chi connectivity index (χ4v) is 3.07. The lowest BCUT2D eigenvalue weighted by molar-refractivity contribution is 0.916. The van der Waals surface area contributed by atoms with Gasteiger partial charge in [-0.2, -0.15) is 5.10 Å². The molecule has 0 saturated carbocycles. The quantitative estimate of drug-likeness (QED) is 0.447. The molecular weight excluding hydrogens is 296 g/mol. The number of rotatable bonds is 3. The lowest BCUT2D eigenvalue weighted by Crippen LogP contribution is -1.95. The first-order valence-electron chi connectivity index (χ1n) is 7.92. The van der Waals surface area contributed by atoms with Crippen LogP contribution in [0.5, 0.6) is 0 Å². The Labute approximate surface area is 140 Å². The van der Waals surface area contributed by atoms with Crippen LogP contribution < -0.4 is 5.43 Å². The van der Waals surface area contributed by atoms with Crippen LogP contribution in [-0.4, -0.2) is 15.8 Å². The number of anilines is 1. The van der Waals surface area contributed by atoms with Gasteiger partial charge in [0.15, 0.2) is 0 Å². The highest BCUT2D eigenvalue weighted by molar-refractivity contribution is 6.01. The molecule has 0 aliphatic carbocycles. The smallest absolute Gasteiger partial charge is 0.0951 e. The fourth-order valence-electron chi connectivity index (χ4n) is 3.07. The van der Waals surface area contributed by atoms with Gasteiger partial charge in [0.05, 0.1) is 17.4 Å². The van der Waals surface area contributed by atoms with Crippen molar-refractivity contribution in [1.29, 1.82) is 0 Å². The van der Waals surface area contributed by atoms with Crippen LogP contribution >= 0.6 is 0 Å². The molecule has 0 saturated heterocycles. The topological polar surface area (TPSA) is 42.2 Å². The minimum Gasteiger partial charge on any atom is -0.347 e. The van der Waals surface area contributed by atoms with Gasteiger partial charge >= 0.3 is 0 Å². The zero-order valence-electron chi connectivity index (χ0n) is 13.7. The molecule has 0 atom stereocenters. The third kappa shape index (κ3) is 2.33. The molecular formula is C20H18N4. The van der Waals surface area contributed by atoms with Crippen molar-refractivity contribution < 1.29 is 0 Å². The number of nitrogens with zero attached hydrogens (tertiary/aromatic N) is 3. The summed E-state index contributed by atoms with van der Waals surface area (Å²) in [7, 11) is 2.08. The summed E-state index contributed by atoms with van der Waals surface area (Å²) in [6.45, 7) is 2.11. The minimum absolute atomic E-state index is 0.905. The third-order valence-electron chi connectivity index (χ3n) is 4.46. The van der Waals surface area contributed by atoms with E-state index in [1.807, 2.05) is 36.5 Å². The van der Waals surface area contributed by atoms with E-state index in [4.69, 9.17) is 0 Å². The van der Waals surface area contributed by atoms with Crippen molar-refractivity contribution in [1.82, 2.24) is 9.55 Å². The van der Waals surface area contributed by atoms with Crippen LogP contribution in [0.25, 0.3) is 21.8 Å². The van der Waals surface area contributed by atoms with E-state index < -0.39 is 0 Å². The van der Waals surface area contributed by atoms with Crippen LogP contribution in [0.1, 0.15) is 11.3 Å². The summed E-state index contributed by atoms with van der Waals surface area (Å²) in [5, 5.41) is 6.76. The SMILES string of the molecule is Cc1c(/C=N\Nc2cccc3cccnc23)c2ccccc2n1C. The van der Waals surface area contributed by atoms with Crippen molar-refractivity contribution in [2.24, 2.45) is 12.1 Å². The molecule has 2 heterocycles. The molecule has 0 radical (unpaired) electrons. The number of nitrogens with one attached hydrogen (secondary N) is 1. The fraction of sp³-hybridized carbons (Fsp3) is 0.100. The number of fused-ring (bicyclic) bond motifs is 2. The Hall–Kier alpha value is -3.14. The number of pyridine rings is 1. The van der Waals surface area contributed by atoms with E-state index in [-0.39, 0.29) is 0 Å². The maximum atomic E-state index is 4.46. The van der Waals surface area contributed by atoms with E-state index >= 15 is 0 Å². The molecule has 0 aliphatic heterocycles. The second-order valence-electron chi connectivity index (χ2n) is 5.83. The van der Waals surface area contributed by atoms with Crippen molar-refractivity contribution in [2.75, 3.05) is 5.43 Å². The minimum atomic E-state index is 0.905. The first-order valence-corrected chi connectivity index (χ1v) is 7.92. The first-order chi connectivity index (χ1) is 11.8. The van der Waals surface area contributed by atoms with E-state index in [1.54, 1.807) is 6.20 Å². The predicted octanol–water partition coefficient (Wildman–Crippen LogP) is 4.48. The van der Waals surface area contributed by atoms with Gasteiger partial charge in [-0.1, -0.05) is 36.4 Å². The van der Waals surface area contributed by atoms with Crippen LogP contribution in [0.4, 0.5) is 5.69 Å². The number of hydrogen-bond donors (Lipinski definition) is 1. The van der Waals surface area contributed by atoms with Crippen LogP contribution in [0.15, 0.2) is 65.9 Å². The molecule has 4 heteroatoms. The van der Waals surface area contributed by atoms with Gasteiger partial charge in [-0.3, -0.25) is 10.4 Å². The monoisotopic (exact) mass is 314 g/mol. The zero-order valence-corrected chi connectivity index (χ0v) is 13.7. The number of aromatic nitrogens is 2. The Morgan fingerprint density at radius 3 is 2.79 bits per heavy atom. The van der Waals surface area contributed by atoms with Crippen molar-refractivity contribution in [3.05, 3.63) is 72.1 Å². The molecule has 2 aromatic carbocycles. The Morgan fingerprint density at radius 1 is 1.04 bits per heavy atom. The van der Waals surface area contributed by atoms with Crippen molar-refractivity contribution in [3.8, 4) is 0 Å². The van der Waals surface area contributed by atoms with Gasteiger partial charge in [-0.25, -0.2) is 0 Å². The van der Waals surface area contributed by atoms with E-state index in [0.29, 0.717) is 0 Å². The second-order valence-corrected chi connectivity index (χ2v) is 5.83. The van der Waals surface area contributed by atoms with E-state index in [2.05, 4.69) is 58.3 Å². The highest BCUT2D eigenvalue weighted by Gasteiger charge is 2.09. The molecule has 2 aromatic heterocycles. The van der Waals surface area contributed by atoms with Crippen LogP contribution in [0, 0.1) is 6.92 Å². The number of benzene rings is 2. The average molecular weight is 314 g/mol. The molecule has 0 bridgehead atoms. The van der Waals surface area contributed by atoms with Crippen LogP contribution in [0.2, 0.25) is 0 Å². The Kier molecular flexibility index (Phi) is 3.50. The molecule has 4 rings (SSSR count). The van der Waals surface area contributed by atoms with Gasteiger partial charge in [-0.05, 0) is 25.1 Å². The predicted molar refractivity (Wildman–Crippen MR) is 101 cm³/mol. The molecule has 0 amide bonds. The lowest BCUT2D eigenvalue weighted by atomic mass is 10.1.